The van der Waals surface area contributed by atoms with Gasteiger partial charge in [-0.1, -0.05) is 48.2 Å². The molecular formula is C24H26N6O3S. The van der Waals surface area contributed by atoms with Crippen molar-refractivity contribution in [2.24, 2.45) is 5.10 Å². The number of nitrogens with one attached hydrogen (secondary N) is 2. The molecule has 0 spiro atoms. The lowest BCUT2D eigenvalue weighted by Gasteiger charge is -2.29. The maximum absolute atomic E-state index is 12.8. The topological polar surface area (TPSA) is 105 Å². The van der Waals surface area contributed by atoms with Crippen LogP contribution in [0.3, 0.4) is 0 Å². The van der Waals surface area contributed by atoms with E-state index in [0.29, 0.717) is 35.7 Å². The molecule has 0 aliphatic carbocycles. The molecule has 2 N–H and O–H groups in total. The number of hydrogen-bond acceptors (Lipinski definition) is 8. The van der Waals surface area contributed by atoms with Crippen LogP contribution in [0.4, 0.5) is 5.95 Å². The predicted molar refractivity (Wildman–Crippen MR) is 133 cm³/mol. The second-order valence-corrected chi connectivity index (χ2v) is 8.40. The highest BCUT2D eigenvalue weighted by molar-refractivity contribution is 7.99. The molecule has 10 heteroatoms. The number of amides is 1. The van der Waals surface area contributed by atoms with E-state index < -0.39 is 0 Å². The zero-order valence-corrected chi connectivity index (χ0v) is 19.8. The van der Waals surface area contributed by atoms with Crippen molar-refractivity contribution < 1.29 is 14.3 Å². The van der Waals surface area contributed by atoms with E-state index in [0.717, 1.165) is 17.5 Å². The summed E-state index contributed by atoms with van der Waals surface area (Å²) in [6.07, 6.45) is 6.18. The number of aromatic amines is 1. The van der Waals surface area contributed by atoms with E-state index >= 15 is 0 Å². The number of rotatable bonds is 9. The molecular weight excluding hydrogens is 452 g/mol. The smallest absolute Gasteiger partial charge is 0.240 e. The van der Waals surface area contributed by atoms with Crippen molar-refractivity contribution in [1.29, 1.82) is 0 Å². The Labute approximate surface area is 202 Å². The first-order valence-electron chi connectivity index (χ1n) is 10.7. The molecule has 4 rings (SSSR count). The maximum atomic E-state index is 12.8. The molecule has 0 atom stereocenters. The van der Waals surface area contributed by atoms with Crippen LogP contribution in [0.1, 0.15) is 16.7 Å². The van der Waals surface area contributed by atoms with Gasteiger partial charge in [-0.05, 0) is 41.3 Å². The highest BCUT2D eigenvalue weighted by Crippen LogP contribution is 2.33. The molecule has 34 heavy (non-hydrogen) atoms. The molecule has 0 saturated heterocycles. The Hall–Kier alpha value is -3.79. The molecule has 0 saturated carbocycles. The van der Waals surface area contributed by atoms with Crippen molar-refractivity contribution >= 4 is 35.9 Å². The molecule has 0 radical (unpaired) electrons. The van der Waals surface area contributed by atoms with Gasteiger partial charge in [-0.2, -0.15) is 10.1 Å². The van der Waals surface area contributed by atoms with Crippen LogP contribution < -0.4 is 14.9 Å². The van der Waals surface area contributed by atoms with Crippen molar-refractivity contribution in [2.45, 2.75) is 18.1 Å². The zero-order chi connectivity index (χ0) is 23.8. The molecule has 9 nitrogen and oxygen atoms in total. The quantitative estimate of drug-likeness (QED) is 0.275. The summed E-state index contributed by atoms with van der Waals surface area (Å²) in [6, 6.07) is 13.9. The molecule has 3 aromatic rings. The number of carbonyl (C=O) groups is 1. The predicted octanol–water partition coefficient (Wildman–Crippen LogP) is 3.61. The monoisotopic (exact) mass is 478 g/mol. The molecule has 0 unspecified atom stereocenters. The van der Waals surface area contributed by atoms with Crippen LogP contribution in [-0.4, -0.2) is 58.7 Å². The van der Waals surface area contributed by atoms with Crippen LogP contribution in [0.5, 0.6) is 11.5 Å². The molecule has 1 aliphatic heterocycles. The zero-order valence-electron chi connectivity index (χ0n) is 19.0. The van der Waals surface area contributed by atoms with Gasteiger partial charge in [-0.3, -0.25) is 4.79 Å². The van der Waals surface area contributed by atoms with Crippen LogP contribution in [0.15, 0.2) is 58.8 Å². The minimum atomic E-state index is 0.0359. The van der Waals surface area contributed by atoms with Gasteiger partial charge in [0, 0.05) is 19.3 Å². The van der Waals surface area contributed by atoms with E-state index in [1.807, 2.05) is 59.5 Å². The number of hydrazone groups is 1. The Morgan fingerprint density at radius 1 is 1.21 bits per heavy atom. The van der Waals surface area contributed by atoms with Gasteiger partial charge < -0.3 is 14.4 Å². The summed E-state index contributed by atoms with van der Waals surface area (Å²) in [5.41, 5.74) is 6.14. The third kappa shape index (κ3) is 5.96. The Balaban J connectivity index is 1.25. The third-order valence-corrected chi connectivity index (χ3v) is 6.11. The lowest BCUT2D eigenvalue weighted by atomic mass is 9.99. The van der Waals surface area contributed by atoms with Crippen molar-refractivity contribution in [1.82, 2.24) is 20.1 Å². The number of nitrogens with zero attached hydrogens (tertiary/aromatic N) is 4. The van der Waals surface area contributed by atoms with Crippen molar-refractivity contribution in [3.63, 3.8) is 0 Å². The highest BCUT2D eigenvalue weighted by atomic mass is 32.2. The van der Waals surface area contributed by atoms with Gasteiger partial charge in [-0.15, -0.1) is 5.10 Å². The summed E-state index contributed by atoms with van der Waals surface area (Å²) >= 11 is 1.28. The third-order valence-electron chi connectivity index (χ3n) is 5.28. The van der Waals surface area contributed by atoms with E-state index in [1.54, 1.807) is 20.4 Å². The first kappa shape index (κ1) is 23.4. The maximum Gasteiger partial charge on any atom is 0.240 e. The Morgan fingerprint density at radius 3 is 2.74 bits per heavy atom. The lowest BCUT2D eigenvalue weighted by molar-refractivity contribution is -0.129. The van der Waals surface area contributed by atoms with Crippen molar-refractivity contribution in [3.05, 3.63) is 65.2 Å². The first-order valence-corrected chi connectivity index (χ1v) is 11.7. The van der Waals surface area contributed by atoms with Crippen molar-refractivity contribution in [3.8, 4) is 11.5 Å². The van der Waals surface area contributed by atoms with Crippen LogP contribution >= 0.6 is 11.8 Å². The summed E-state index contributed by atoms with van der Waals surface area (Å²) in [7, 11) is 3.24. The summed E-state index contributed by atoms with van der Waals surface area (Å²) in [4.78, 5) is 18.9. The SMILES string of the molecule is COc1cc2c(cc1OC)CN(C(=O)CSc1n[nH]c(N/N=C\C=C\c3ccccc3)n1)CC2. The Bertz CT molecular complexity index is 1180. The number of carbonyl (C=O) groups excluding carboxylic acids is 1. The van der Waals surface area contributed by atoms with Crippen LogP contribution in [-0.2, 0) is 17.8 Å². The fourth-order valence-corrected chi connectivity index (χ4v) is 4.24. The number of anilines is 1. The normalized spacial score (nSPS) is 13.3. The van der Waals surface area contributed by atoms with E-state index in [4.69, 9.17) is 9.47 Å². The molecule has 1 amide bonds. The second-order valence-electron chi connectivity index (χ2n) is 7.46. The van der Waals surface area contributed by atoms with Crippen LogP contribution in [0.2, 0.25) is 0 Å². The van der Waals surface area contributed by atoms with Gasteiger partial charge in [0.05, 0.1) is 20.0 Å². The molecule has 2 heterocycles. The summed E-state index contributed by atoms with van der Waals surface area (Å²) in [5, 5.41) is 11.5. The van der Waals surface area contributed by atoms with Gasteiger partial charge in [0.15, 0.2) is 11.5 Å². The number of allylic oxidation sites excluding steroid dienone is 1. The first-order chi connectivity index (χ1) is 16.7. The van der Waals surface area contributed by atoms with Gasteiger partial charge in [0.1, 0.15) is 0 Å². The lowest BCUT2D eigenvalue weighted by Crippen LogP contribution is -2.37. The van der Waals surface area contributed by atoms with Crippen LogP contribution in [0, 0.1) is 0 Å². The summed E-state index contributed by atoms with van der Waals surface area (Å²) in [5.74, 6) is 2.08. The number of thioether (sulfide) groups is 1. The minimum absolute atomic E-state index is 0.0359. The highest BCUT2D eigenvalue weighted by Gasteiger charge is 2.23. The minimum Gasteiger partial charge on any atom is -0.493 e. The van der Waals surface area contributed by atoms with Gasteiger partial charge in [0.2, 0.25) is 17.0 Å². The van der Waals surface area contributed by atoms with E-state index in [2.05, 4.69) is 25.7 Å². The molecule has 1 aromatic heterocycles. The average molecular weight is 479 g/mol. The fraction of sp³-hybridized carbons (Fsp3) is 0.250. The largest absolute Gasteiger partial charge is 0.493 e. The number of hydrogen-bond donors (Lipinski definition) is 2. The number of ether oxygens (including phenoxy) is 2. The van der Waals surface area contributed by atoms with Crippen LogP contribution in [0.25, 0.3) is 6.08 Å². The number of aromatic nitrogens is 3. The number of methoxy groups -OCH3 is 2. The molecule has 176 valence electrons. The van der Waals surface area contributed by atoms with Gasteiger partial charge in [0.25, 0.3) is 0 Å². The molecule has 1 aliphatic rings. The Morgan fingerprint density at radius 2 is 1.97 bits per heavy atom. The fourth-order valence-electron chi connectivity index (χ4n) is 3.53. The molecule has 0 bridgehead atoms. The van der Waals surface area contributed by atoms with Crippen molar-refractivity contribution in [2.75, 3.05) is 31.9 Å². The number of H-pyrrole nitrogens is 1. The molecule has 2 aromatic carbocycles. The standard InChI is InChI=1S/C24H26N6O3S/c1-32-20-13-18-10-12-30(15-19(18)14-21(20)33-2)22(31)16-34-24-26-23(28-29-24)27-25-11-6-9-17-7-4-3-5-8-17/h3-9,11,13-14H,10,12,15-16H2,1-2H3,(H2,26,27,28,29)/b9-6+,25-11-. The Kier molecular flexibility index (Phi) is 7.82. The number of fused-ring (bicyclic) bond motifs is 1. The second kappa shape index (κ2) is 11.4. The van der Waals surface area contributed by atoms with Gasteiger partial charge >= 0.3 is 0 Å². The summed E-state index contributed by atoms with van der Waals surface area (Å²) < 4.78 is 10.8. The van der Waals surface area contributed by atoms with Gasteiger partial charge in [-0.25, -0.2) is 10.5 Å². The summed E-state index contributed by atoms with van der Waals surface area (Å²) in [6.45, 7) is 1.20. The number of benzene rings is 2. The average Bonchev–Trinajstić information content (AvgIpc) is 3.34. The van der Waals surface area contributed by atoms with E-state index in [1.165, 1.54) is 17.3 Å². The van der Waals surface area contributed by atoms with E-state index in [9.17, 15) is 4.79 Å². The molecule has 0 fully saturated rings. The van der Waals surface area contributed by atoms with E-state index in [-0.39, 0.29) is 11.7 Å².